The molecule has 0 atom stereocenters. The number of hydrogen-bond acceptors (Lipinski definition) is 1. The molecule has 0 aliphatic heterocycles. The molecule has 1 nitrogen and oxygen atoms in total. The Hall–Kier alpha value is -0.890. The number of halogens is 2. The molecule has 0 saturated heterocycles. The predicted molar refractivity (Wildman–Crippen MR) is 53.2 cm³/mol. The van der Waals surface area contributed by atoms with Gasteiger partial charge in [0.2, 0.25) is 0 Å². The van der Waals surface area contributed by atoms with E-state index in [4.69, 9.17) is 11.6 Å². The van der Waals surface area contributed by atoms with Crippen LogP contribution < -0.4 is 0 Å². The maximum atomic E-state index is 12.7. The predicted octanol–water partition coefficient (Wildman–Crippen LogP) is 3.25. The molecule has 0 fully saturated rings. The smallest absolute Gasteiger partial charge is 0.142 e. The number of rotatable bonds is 3. The summed E-state index contributed by atoms with van der Waals surface area (Å²) >= 11 is 5.53. The minimum Gasteiger partial charge on any atom is -0.261 e. The van der Waals surface area contributed by atoms with Crippen LogP contribution in [-0.4, -0.2) is 10.9 Å². The molecule has 0 amide bonds. The molecule has 13 heavy (non-hydrogen) atoms. The number of pyridine rings is 1. The minimum atomic E-state index is -0.309. The number of hydrogen-bond donors (Lipinski definition) is 0. The molecule has 0 aromatic carbocycles. The highest BCUT2D eigenvalue weighted by molar-refractivity contribution is 6.17. The van der Waals surface area contributed by atoms with Gasteiger partial charge in [0.15, 0.2) is 0 Å². The molecule has 0 bridgehead atoms. The van der Waals surface area contributed by atoms with Crippen molar-refractivity contribution < 1.29 is 4.39 Å². The summed E-state index contributed by atoms with van der Waals surface area (Å²) in [7, 11) is 0. The van der Waals surface area contributed by atoms with Crippen LogP contribution in [0.25, 0.3) is 5.57 Å². The fourth-order valence-electron chi connectivity index (χ4n) is 1.02. The largest absolute Gasteiger partial charge is 0.261 e. The number of nitrogens with zero attached hydrogens (tertiary/aromatic N) is 1. The van der Waals surface area contributed by atoms with Gasteiger partial charge in [-0.15, -0.1) is 11.6 Å². The lowest BCUT2D eigenvalue weighted by molar-refractivity contribution is 0.621. The van der Waals surface area contributed by atoms with Crippen LogP contribution in [0.1, 0.15) is 18.9 Å². The van der Waals surface area contributed by atoms with Crippen molar-refractivity contribution in [3.8, 4) is 0 Å². The van der Waals surface area contributed by atoms with Crippen molar-refractivity contribution in [2.24, 2.45) is 0 Å². The second kappa shape index (κ2) is 4.97. The quantitative estimate of drug-likeness (QED) is 0.681. The maximum absolute atomic E-state index is 12.7. The summed E-state index contributed by atoms with van der Waals surface area (Å²) in [6.45, 7) is 1.92. The summed E-state index contributed by atoms with van der Waals surface area (Å²) in [5.41, 5.74) is 1.82. The molecule has 0 spiro atoms. The average molecular weight is 200 g/mol. The van der Waals surface area contributed by atoms with E-state index >= 15 is 0 Å². The van der Waals surface area contributed by atoms with E-state index in [1.165, 1.54) is 12.3 Å². The van der Waals surface area contributed by atoms with Gasteiger partial charge in [-0.25, -0.2) is 4.39 Å². The van der Waals surface area contributed by atoms with Gasteiger partial charge in [0.1, 0.15) is 5.82 Å². The third kappa shape index (κ3) is 3.15. The van der Waals surface area contributed by atoms with E-state index in [-0.39, 0.29) is 5.82 Å². The molecule has 0 N–H and O–H groups in total. The van der Waals surface area contributed by atoms with Crippen LogP contribution in [0, 0.1) is 5.82 Å². The summed E-state index contributed by atoms with van der Waals surface area (Å²) in [6, 6.07) is 1.47. The SMILES string of the molecule is CC(=CCCCl)c1cncc(F)c1. The van der Waals surface area contributed by atoms with Gasteiger partial charge in [0.25, 0.3) is 0 Å². The second-order valence-corrected chi connectivity index (χ2v) is 3.13. The summed E-state index contributed by atoms with van der Waals surface area (Å²) in [5.74, 6) is 0.274. The monoisotopic (exact) mass is 199 g/mol. The minimum absolute atomic E-state index is 0.309. The molecule has 1 rings (SSSR count). The van der Waals surface area contributed by atoms with Crippen molar-refractivity contribution in [2.75, 3.05) is 5.88 Å². The fourth-order valence-corrected chi connectivity index (χ4v) is 1.13. The number of allylic oxidation sites excluding steroid dienone is 2. The highest BCUT2D eigenvalue weighted by Crippen LogP contribution is 2.13. The standard InChI is InChI=1S/C10H11ClFN/c1-8(3-2-4-11)9-5-10(12)7-13-6-9/h3,5-7H,2,4H2,1H3. The van der Waals surface area contributed by atoms with Gasteiger partial charge in [-0.1, -0.05) is 6.08 Å². The zero-order chi connectivity index (χ0) is 9.68. The summed E-state index contributed by atoms with van der Waals surface area (Å²) in [6.07, 6.45) is 5.61. The van der Waals surface area contributed by atoms with E-state index in [0.29, 0.717) is 5.88 Å². The first-order chi connectivity index (χ1) is 6.24. The van der Waals surface area contributed by atoms with E-state index < -0.39 is 0 Å². The van der Waals surface area contributed by atoms with Gasteiger partial charge in [-0.3, -0.25) is 4.98 Å². The molecule has 0 aliphatic carbocycles. The Balaban J connectivity index is 2.82. The van der Waals surface area contributed by atoms with Crippen molar-refractivity contribution in [1.29, 1.82) is 0 Å². The van der Waals surface area contributed by atoms with E-state index in [1.54, 1.807) is 6.20 Å². The first kappa shape index (κ1) is 10.2. The lowest BCUT2D eigenvalue weighted by atomic mass is 10.1. The van der Waals surface area contributed by atoms with Crippen LogP contribution in [-0.2, 0) is 0 Å². The third-order valence-corrected chi connectivity index (χ3v) is 1.94. The Kier molecular flexibility index (Phi) is 3.90. The van der Waals surface area contributed by atoms with Gasteiger partial charge in [-0.05, 0) is 30.5 Å². The highest BCUT2D eigenvalue weighted by Gasteiger charge is 1.97. The number of aromatic nitrogens is 1. The van der Waals surface area contributed by atoms with Crippen molar-refractivity contribution in [1.82, 2.24) is 4.98 Å². The molecule has 1 aromatic rings. The van der Waals surface area contributed by atoms with E-state index in [2.05, 4.69) is 4.98 Å². The van der Waals surface area contributed by atoms with Gasteiger partial charge < -0.3 is 0 Å². The number of alkyl halides is 1. The summed E-state index contributed by atoms with van der Waals surface area (Å²) in [4.78, 5) is 3.76. The third-order valence-electron chi connectivity index (χ3n) is 1.72. The van der Waals surface area contributed by atoms with Crippen LogP contribution >= 0.6 is 11.6 Å². The Labute approximate surface area is 82.3 Å². The van der Waals surface area contributed by atoms with E-state index in [9.17, 15) is 4.39 Å². The Morgan fingerprint density at radius 1 is 1.62 bits per heavy atom. The normalized spacial score (nSPS) is 11.8. The molecule has 0 unspecified atom stereocenters. The molecule has 1 aromatic heterocycles. The Morgan fingerprint density at radius 2 is 2.38 bits per heavy atom. The van der Waals surface area contributed by atoms with Crippen molar-refractivity contribution in [3.63, 3.8) is 0 Å². The maximum Gasteiger partial charge on any atom is 0.142 e. The topological polar surface area (TPSA) is 12.9 Å². The van der Waals surface area contributed by atoms with Crippen LogP contribution in [0.2, 0.25) is 0 Å². The molecule has 0 radical (unpaired) electrons. The van der Waals surface area contributed by atoms with Gasteiger partial charge in [0.05, 0.1) is 6.20 Å². The van der Waals surface area contributed by atoms with Crippen LogP contribution in [0.4, 0.5) is 4.39 Å². The Bertz CT molecular complexity index is 310. The Morgan fingerprint density at radius 3 is 3.00 bits per heavy atom. The van der Waals surface area contributed by atoms with Gasteiger partial charge >= 0.3 is 0 Å². The first-order valence-corrected chi connectivity index (χ1v) is 4.61. The van der Waals surface area contributed by atoms with E-state index in [1.807, 2.05) is 13.0 Å². The van der Waals surface area contributed by atoms with Crippen molar-refractivity contribution in [2.45, 2.75) is 13.3 Å². The molecule has 0 saturated carbocycles. The summed E-state index contributed by atoms with van der Waals surface area (Å²) < 4.78 is 12.7. The van der Waals surface area contributed by atoms with Crippen LogP contribution in [0.5, 0.6) is 0 Å². The van der Waals surface area contributed by atoms with Crippen LogP contribution in [0.15, 0.2) is 24.5 Å². The molecule has 3 heteroatoms. The fraction of sp³-hybridized carbons (Fsp3) is 0.300. The van der Waals surface area contributed by atoms with Crippen LogP contribution in [0.3, 0.4) is 0 Å². The van der Waals surface area contributed by atoms with Crippen molar-refractivity contribution >= 4 is 17.2 Å². The summed E-state index contributed by atoms with van der Waals surface area (Å²) in [5, 5.41) is 0. The molecule has 0 aliphatic rings. The first-order valence-electron chi connectivity index (χ1n) is 4.07. The lowest BCUT2D eigenvalue weighted by Crippen LogP contribution is -1.85. The average Bonchev–Trinajstić information content (AvgIpc) is 2.14. The molecule has 1 heterocycles. The van der Waals surface area contributed by atoms with Gasteiger partial charge in [-0.2, -0.15) is 0 Å². The van der Waals surface area contributed by atoms with E-state index in [0.717, 1.165) is 17.6 Å². The van der Waals surface area contributed by atoms with Crippen molar-refractivity contribution in [3.05, 3.63) is 35.9 Å². The second-order valence-electron chi connectivity index (χ2n) is 2.76. The highest BCUT2D eigenvalue weighted by atomic mass is 35.5. The zero-order valence-corrected chi connectivity index (χ0v) is 8.18. The molecule has 70 valence electrons. The lowest BCUT2D eigenvalue weighted by Gasteiger charge is -1.99. The van der Waals surface area contributed by atoms with Gasteiger partial charge in [0, 0.05) is 12.1 Å². The zero-order valence-electron chi connectivity index (χ0n) is 7.43. The molecular formula is C10H11ClFN. The molecular weight excluding hydrogens is 189 g/mol.